The van der Waals surface area contributed by atoms with Gasteiger partial charge in [0.2, 0.25) is 0 Å². The lowest BCUT2D eigenvalue weighted by molar-refractivity contribution is 0.217. The van der Waals surface area contributed by atoms with E-state index in [2.05, 4.69) is 38.0 Å². The van der Waals surface area contributed by atoms with Crippen molar-refractivity contribution in [2.45, 2.75) is 75.5 Å². The van der Waals surface area contributed by atoms with Crippen LogP contribution in [0.2, 0.25) is 0 Å². The summed E-state index contributed by atoms with van der Waals surface area (Å²) in [6.07, 6.45) is 9.99. The standard InChI is InChI=1S/2C8H18N2.2ClH/c2*1-10(2)8-5-3-7(9)4-6-8;;/h2*7-8H,3-6,9H2,1-2H3;2*1H. The summed E-state index contributed by atoms with van der Waals surface area (Å²) in [5.41, 5.74) is 11.6. The summed E-state index contributed by atoms with van der Waals surface area (Å²) in [5.74, 6) is 0. The van der Waals surface area contributed by atoms with E-state index < -0.39 is 0 Å². The smallest absolute Gasteiger partial charge is 0.00903 e. The minimum atomic E-state index is 0. The molecule has 0 aromatic heterocycles. The predicted octanol–water partition coefficient (Wildman–Crippen LogP) is 2.48. The lowest BCUT2D eigenvalue weighted by Gasteiger charge is -2.30. The Labute approximate surface area is 150 Å². The van der Waals surface area contributed by atoms with Gasteiger partial charge in [-0.3, -0.25) is 0 Å². The van der Waals surface area contributed by atoms with Gasteiger partial charge in [0.1, 0.15) is 0 Å². The summed E-state index contributed by atoms with van der Waals surface area (Å²) < 4.78 is 0. The molecule has 0 saturated heterocycles. The highest BCUT2D eigenvalue weighted by Crippen LogP contribution is 2.20. The topological polar surface area (TPSA) is 58.5 Å². The minimum Gasteiger partial charge on any atom is -0.328 e. The molecule has 2 saturated carbocycles. The second kappa shape index (κ2) is 12.8. The summed E-state index contributed by atoms with van der Waals surface area (Å²) in [4.78, 5) is 4.62. The van der Waals surface area contributed by atoms with Crippen LogP contribution in [0, 0.1) is 0 Å². The fourth-order valence-corrected chi connectivity index (χ4v) is 3.24. The lowest BCUT2D eigenvalue weighted by atomic mass is 9.91. The molecular formula is C16H38Cl2N4. The first-order valence-electron chi connectivity index (χ1n) is 8.24. The van der Waals surface area contributed by atoms with Gasteiger partial charge < -0.3 is 21.3 Å². The Morgan fingerprint density at radius 3 is 0.955 bits per heavy atom. The van der Waals surface area contributed by atoms with Crippen molar-refractivity contribution >= 4 is 24.8 Å². The molecule has 4 N–H and O–H groups in total. The van der Waals surface area contributed by atoms with E-state index in [0.29, 0.717) is 12.1 Å². The van der Waals surface area contributed by atoms with Gasteiger partial charge in [0.15, 0.2) is 0 Å². The molecule has 0 aliphatic heterocycles. The average Bonchev–Trinajstić information content (AvgIpc) is 2.40. The third-order valence-corrected chi connectivity index (χ3v) is 4.94. The zero-order valence-corrected chi connectivity index (χ0v) is 16.5. The van der Waals surface area contributed by atoms with Gasteiger partial charge >= 0.3 is 0 Å². The van der Waals surface area contributed by atoms with Gasteiger partial charge in [-0.15, -0.1) is 24.8 Å². The highest BCUT2D eigenvalue weighted by Gasteiger charge is 2.20. The first-order valence-corrected chi connectivity index (χ1v) is 8.24. The van der Waals surface area contributed by atoms with E-state index in [0.717, 1.165) is 12.1 Å². The number of hydrogen-bond donors (Lipinski definition) is 2. The average molecular weight is 357 g/mol. The largest absolute Gasteiger partial charge is 0.328 e. The zero-order chi connectivity index (χ0) is 15.1. The Hall–Kier alpha value is 0.420. The lowest BCUT2D eigenvalue weighted by Crippen LogP contribution is -2.36. The van der Waals surface area contributed by atoms with Crippen molar-refractivity contribution in [2.75, 3.05) is 28.2 Å². The molecular weight excluding hydrogens is 319 g/mol. The third kappa shape index (κ3) is 9.53. The van der Waals surface area contributed by atoms with E-state index in [9.17, 15) is 0 Å². The van der Waals surface area contributed by atoms with Crippen LogP contribution < -0.4 is 11.5 Å². The maximum Gasteiger partial charge on any atom is 0.00903 e. The molecule has 0 spiro atoms. The highest BCUT2D eigenvalue weighted by molar-refractivity contribution is 5.85. The van der Waals surface area contributed by atoms with Crippen LogP contribution in [0.1, 0.15) is 51.4 Å². The maximum absolute atomic E-state index is 5.78. The Bertz CT molecular complexity index is 223. The van der Waals surface area contributed by atoms with Gasteiger partial charge in [0, 0.05) is 24.2 Å². The van der Waals surface area contributed by atoms with Gasteiger partial charge in [0.25, 0.3) is 0 Å². The SMILES string of the molecule is CN(C)C1CCC(N)CC1.CN(C)C1CCC(N)CC1.Cl.Cl. The van der Waals surface area contributed by atoms with Crippen molar-refractivity contribution in [3.63, 3.8) is 0 Å². The normalized spacial score (nSPS) is 31.6. The zero-order valence-electron chi connectivity index (χ0n) is 14.8. The molecule has 4 nitrogen and oxygen atoms in total. The molecule has 136 valence electrons. The molecule has 0 amide bonds. The van der Waals surface area contributed by atoms with Crippen LogP contribution in [-0.2, 0) is 0 Å². The number of nitrogens with two attached hydrogens (primary N) is 2. The number of hydrogen-bond acceptors (Lipinski definition) is 4. The molecule has 2 aliphatic carbocycles. The number of rotatable bonds is 2. The Kier molecular flexibility index (Phi) is 14.3. The van der Waals surface area contributed by atoms with Crippen LogP contribution in [-0.4, -0.2) is 62.2 Å². The number of nitrogens with zero attached hydrogens (tertiary/aromatic N) is 2. The molecule has 2 fully saturated rings. The van der Waals surface area contributed by atoms with E-state index in [1.165, 1.54) is 51.4 Å². The van der Waals surface area contributed by atoms with Gasteiger partial charge in [-0.1, -0.05) is 0 Å². The quantitative estimate of drug-likeness (QED) is 0.797. The number of halogens is 2. The first kappa shape index (κ1) is 24.7. The van der Waals surface area contributed by atoms with Crippen LogP contribution in [0.5, 0.6) is 0 Å². The third-order valence-electron chi connectivity index (χ3n) is 4.94. The van der Waals surface area contributed by atoms with Crippen molar-refractivity contribution in [2.24, 2.45) is 11.5 Å². The minimum absolute atomic E-state index is 0. The maximum atomic E-state index is 5.78. The molecule has 0 unspecified atom stereocenters. The summed E-state index contributed by atoms with van der Waals surface area (Å²) in [6, 6.07) is 2.55. The van der Waals surface area contributed by atoms with Crippen LogP contribution in [0.4, 0.5) is 0 Å². The predicted molar refractivity (Wildman–Crippen MR) is 102 cm³/mol. The Morgan fingerprint density at radius 2 is 0.773 bits per heavy atom. The van der Waals surface area contributed by atoms with E-state index in [1.807, 2.05) is 0 Å². The van der Waals surface area contributed by atoms with Crippen LogP contribution >= 0.6 is 24.8 Å². The summed E-state index contributed by atoms with van der Waals surface area (Å²) in [7, 11) is 8.62. The van der Waals surface area contributed by atoms with Gasteiger partial charge in [0.05, 0.1) is 0 Å². The molecule has 0 bridgehead atoms. The van der Waals surface area contributed by atoms with Crippen LogP contribution in [0.15, 0.2) is 0 Å². The summed E-state index contributed by atoms with van der Waals surface area (Å²) in [6.45, 7) is 0. The molecule has 2 rings (SSSR count). The van der Waals surface area contributed by atoms with Crippen molar-refractivity contribution in [3.8, 4) is 0 Å². The van der Waals surface area contributed by atoms with Crippen molar-refractivity contribution in [1.29, 1.82) is 0 Å². The van der Waals surface area contributed by atoms with E-state index >= 15 is 0 Å². The second-order valence-electron chi connectivity index (χ2n) is 7.06. The fraction of sp³-hybridized carbons (Fsp3) is 1.00. The van der Waals surface area contributed by atoms with Gasteiger partial charge in [-0.05, 0) is 79.6 Å². The fourth-order valence-electron chi connectivity index (χ4n) is 3.24. The van der Waals surface area contributed by atoms with Gasteiger partial charge in [-0.2, -0.15) is 0 Å². The molecule has 0 heterocycles. The van der Waals surface area contributed by atoms with E-state index in [4.69, 9.17) is 11.5 Å². The monoisotopic (exact) mass is 356 g/mol. The van der Waals surface area contributed by atoms with Crippen molar-refractivity contribution in [3.05, 3.63) is 0 Å². The molecule has 2 aliphatic rings. The molecule has 0 aromatic rings. The molecule has 6 heteroatoms. The van der Waals surface area contributed by atoms with E-state index in [1.54, 1.807) is 0 Å². The van der Waals surface area contributed by atoms with Crippen molar-refractivity contribution in [1.82, 2.24) is 9.80 Å². The second-order valence-corrected chi connectivity index (χ2v) is 7.06. The first-order chi connectivity index (χ1) is 9.40. The van der Waals surface area contributed by atoms with E-state index in [-0.39, 0.29) is 24.8 Å². The highest BCUT2D eigenvalue weighted by atomic mass is 35.5. The van der Waals surface area contributed by atoms with Gasteiger partial charge in [-0.25, -0.2) is 0 Å². The molecule has 0 aromatic carbocycles. The Morgan fingerprint density at radius 1 is 0.545 bits per heavy atom. The van der Waals surface area contributed by atoms with Crippen molar-refractivity contribution < 1.29 is 0 Å². The summed E-state index contributed by atoms with van der Waals surface area (Å²) >= 11 is 0. The Balaban J connectivity index is 0. The molecule has 22 heavy (non-hydrogen) atoms. The van der Waals surface area contributed by atoms with Crippen LogP contribution in [0.3, 0.4) is 0 Å². The van der Waals surface area contributed by atoms with Crippen LogP contribution in [0.25, 0.3) is 0 Å². The molecule has 0 radical (unpaired) electrons. The summed E-state index contributed by atoms with van der Waals surface area (Å²) in [5, 5.41) is 0. The molecule has 0 atom stereocenters.